The Kier molecular flexibility index (Phi) is 2.07. The van der Waals surface area contributed by atoms with Gasteiger partial charge in [0, 0.05) is 32.4 Å². The number of fused-ring (bicyclic) bond motifs is 2. The molecule has 0 saturated carbocycles. The largest absolute Gasteiger partial charge is 0.329 e. The fourth-order valence-corrected chi connectivity index (χ4v) is 2.32. The third kappa shape index (κ3) is 1.54. The van der Waals surface area contributed by atoms with Crippen LogP contribution in [0, 0.1) is 0 Å². The van der Waals surface area contributed by atoms with E-state index in [2.05, 4.69) is 5.32 Å². The second kappa shape index (κ2) is 3.48. The lowest BCUT2D eigenvalue weighted by atomic mass is 9.97. The van der Waals surface area contributed by atoms with Crippen LogP contribution in [0.5, 0.6) is 0 Å². The Morgan fingerprint density at radius 1 is 1.41 bits per heavy atom. The van der Waals surface area contributed by atoms with Crippen molar-refractivity contribution in [2.24, 2.45) is 7.05 Å². The number of carbonyl (C=O) groups excluding carboxylic acids is 1. The van der Waals surface area contributed by atoms with Gasteiger partial charge in [-0.25, -0.2) is 4.79 Å². The van der Waals surface area contributed by atoms with E-state index >= 15 is 0 Å². The average Bonchev–Trinajstić information content (AvgIpc) is 2.59. The van der Waals surface area contributed by atoms with E-state index < -0.39 is 0 Å². The lowest BCUT2D eigenvalue weighted by Crippen LogP contribution is -2.29. The number of pyridine rings is 1. The number of carbonyl (C=O) groups is 1. The number of aryl methyl sites for hydroxylation is 1. The topological polar surface area (TPSA) is 54.3 Å². The van der Waals surface area contributed by atoms with Crippen molar-refractivity contribution in [2.75, 3.05) is 13.1 Å². The number of hydrogen-bond acceptors (Lipinski definition) is 2. The number of nitrogens with zero attached hydrogens (tertiary/aromatic N) is 2. The van der Waals surface area contributed by atoms with Gasteiger partial charge in [0.25, 0.3) is 5.56 Å². The number of rotatable bonds is 1. The second-order valence-electron chi connectivity index (χ2n) is 4.43. The van der Waals surface area contributed by atoms with Gasteiger partial charge in [-0.05, 0) is 17.2 Å². The van der Waals surface area contributed by atoms with Crippen molar-refractivity contribution in [2.45, 2.75) is 6.04 Å². The quantitative estimate of drug-likeness (QED) is 0.749. The van der Waals surface area contributed by atoms with Crippen LogP contribution in [0.1, 0.15) is 5.56 Å². The highest BCUT2D eigenvalue weighted by molar-refractivity contribution is 5.85. The Morgan fingerprint density at radius 3 is 3.00 bits per heavy atom. The maximum Gasteiger partial charge on any atom is 0.318 e. The van der Waals surface area contributed by atoms with Crippen molar-refractivity contribution in [1.29, 1.82) is 0 Å². The second-order valence-corrected chi connectivity index (χ2v) is 4.43. The number of aromatic nitrogens is 1. The van der Waals surface area contributed by atoms with Crippen molar-refractivity contribution in [3.05, 3.63) is 40.3 Å². The lowest BCUT2D eigenvalue weighted by Gasteiger charge is -2.21. The van der Waals surface area contributed by atoms with Crippen LogP contribution in [0.25, 0.3) is 5.57 Å². The zero-order valence-electron chi connectivity index (χ0n) is 9.51. The Balaban J connectivity index is 2.00. The van der Waals surface area contributed by atoms with Crippen LogP contribution in [-0.2, 0) is 7.05 Å². The zero-order valence-corrected chi connectivity index (χ0v) is 9.51. The van der Waals surface area contributed by atoms with Crippen LogP contribution >= 0.6 is 0 Å². The smallest absolute Gasteiger partial charge is 0.318 e. The molecule has 0 aliphatic carbocycles. The van der Waals surface area contributed by atoms with Gasteiger partial charge < -0.3 is 14.8 Å². The highest BCUT2D eigenvalue weighted by Gasteiger charge is 2.34. The van der Waals surface area contributed by atoms with Gasteiger partial charge in [0.2, 0.25) is 0 Å². The van der Waals surface area contributed by atoms with Crippen LogP contribution in [0.3, 0.4) is 0 Å². The molecule has 2 aliphatic rings. The van der Waals surface area contributed by atoms with Gasteiger partial charge in [-0.3, -0.25) is 4.79 Å². The van der Waals surface area contributed by atoms with E-state index in [0.29, 0.717) is 13.1 Å². The van der Waals surface area contributed by atoms with Crippen molar-refractivity contribution in [1.82, 2.24) is 14.8 Å². The van der Waals surface area contributed by atoms with E-state index in [1.54, 1.807) is 24.2 Å². The van der Waals surface area contributed by atoms with Crippen LogP contribution in [-0.4, -0.2) is 34.6 Å². The molecule has 1 unspecified atom stereocenters. The predicted molar refractivity (Wildman–Crippen MR) is 63.6 cm³/mol. The first-order valence-electron chi connectivity index (χ1n) is 5.58. The normalized spacial score (nSPS) is 22.4. The first-order valence-corrected chi connectivity index (χ1v) is 5.58. The Morgan fingerprint density at radius 2 is 2.24 bits per heavy atom. The van der Waals surface area contributed by atoms with E-state index in [-0.39, 0.29) is 17.6 Å². The molecular formula is C12H13N3O2. The summed E-state index contributed by atoms with van der Waals surface area (Å²) >= 11 is 0. The monoisotopic (exact) mass is 231 g/mol. The van der Waals surface area contributed by atoms with Gasteiger partial charge in [-0.2, -0.15) is 0 Å². The minimum atomic E-state index is -0.0323. The Hall–Kier alpha value is -2.04. The Bertz CT molecular complexity index is 573. The third-order valence-electron chi connectivity index (χ3n) is 3.33. The van der Waals surface area contributed by atoms with Gasteiger partial charge >= 0.3 is 6.03 Å². The summed E-state index contributed by atoms with van der Waals surface area (Å²) in [4.78, 5) is 24.8. The molecular weight excluding hydrogens is 218 g/mol. The van der Waals surface area contributed by atoms with Crippen molar-refractivity contribution in [3.8, 4) is 0 Å². The standard InChI is InChI=1S/C12H13N3O2/c1-14-4-2-8(6-11(14)16)9-3-5-15-7-10(9)13-12(15)17/h2-4,6,10H,5,7H2,1H3,(H,13,17). The molecule has 0 radical (unpaired) electrons. The minimum Gasteiger partial charge on any atom is -0.329 e. The fraction of sp³-hybridized carbons (Fsp3) is 0.333. The number of amides is 2. The predicted octanol–water partition coefficient (Wildman–Crippen LogP) is 0.176. The van der Waals surface area contributed by atoms with Crippen molar-refractivity contribution in [3.63, 3.8) is 0 Å². The summed E-state index contributed by atoms with van der Waals surface area (Å²) in [5, 5.41) is 2.91. The minimum absolute atomic E-state index is 0.0170. The van der Waals surface area contributed by atoms with Crippen LogP contribution in [0.15, 0.2) is 29.2 Å². The summed E-state index contributed by atoms with van der Waals surface area (Å²) in [6, 6.07) is 3.52. The first kappa shape index (κ1) is 10.1. The first-order chi connectivity index (χ1) is 8.15. The molecule has 1 saturated heterocycles. The van der Waals surface area contributed by atoms with Gasteiger partial charge in [0.05, 0.1) is 6.04 Å². The summed E-state index contributed by atoms with van der Waals surface area (Å²) in [6.45, 7) is 1.31. The molecule has 88 valence electrons. The summed E-state index contributed by atoms with van der Waals surface area (Å²) in [5.74, 6) is 0. The van der Waals surface area contributed by atoms with Crippen LogP contribution < -0.4 is 10.9 Å². The summed E-state index contributed by atoms with van der Waals surface area (Å²) in [7, 11) is 1.72. The van der Waals surface area contributed by atoms with Gasteiger partial charge in [-0.15, -0.1) is 0 Å². The molecule has 17 heavy (non-hydrogen) atoms. The molecule has 1 aromatic rings. The molecule has 5 heteroatoms. The number of nitrogens with one attached hydrogen (secondary N) is 1. The highest BCUT2D eigenvalue weighted by Crippen LogP contribution is 2.25. The molecule has 2 amide bonds. The highest BCUT2D eigenvalue weighted by atomic mass is 16.2. The number of hydrogen-bond donors (Lipinski definition) is 1. The van der Waals surface area contributed by atoms with E-state index in [9.17, 15) is 9.59 Å². The summed E-state index contributed by atoms with van der Waals surface area (Å²) < 4.78 is 1.53. The molecule has 3 heterocycles. The van der Waals surface area contributed by atoms with Gasteiger partial charge in [-0.1, -0.05) is 6.08 Å². The average molecular weight is 231 g/mol. The zero-order chi connectivity index (χ0) is 12.0. The molecule has 5 nitrogen and oxygen atoms in total. The summed E-state index contributed by atoms with van der Waals surface area (Å²) in [5.41, 5.74) is 1.92. The van der Waals surface area contributed by atoms with E-state index in [1.165, 1.54) is 4.57 Å². The van der Waals surface area contributed by atoms with Crippen LogP contribution in [0.2, 0.25) is 0 Å². The SMILES string of the molecule is Cn1ccc(C2=CCN3CC2NC3=O)cc1=O. The maximum absolute atomic E-state index is 11.6. The van der Waals surface area contributed by atoms with E-state index in [1.807, 2.05) is 12.1 Å². The molecule has 0 spiro atoms. The molecule has 2 aliphatic heterocycles. The molecule has 1 aromatic heterocycles. The Labute approximate surface area is 98.3 Å². The molecule has 2 bridgehead atoms. The molecule has 3 rings (SSSR count). The fourth-order valence-electron chi connectivity index (χ4n) is 2.32. The molecule has 1 atom stereocenters. The van der Waals surface area contributed by atoms with E-state index in [0.717, 1.165) is 11.1 Å². The molecule has 0 aromatic carbocycles. The van der Waals surface area contributed by atoms with Gasteiger partial charge in [0.1, 0.15) is 0 Å². The van der Waals surface area contributed by atoms with Gasteiger partial charge in [0.15, 0.2) is 0 Å². The summed E-state index contributed by atoms with van der Waals surface area (Å²) in [6.07, 6.45) is 3.77. The number of urea groups is 1. The maximum atomic E-state index is 11.6. The van der Waals surface area contributed by atoms with Crippen molar-refractivity contribution < 1.29 is 4.79 Å². The van der Waals surface area contributed by atoms with Crippen LogP contribution in [0.4, 0.5) is 4.79 Å². The lowest BCUT2D eigenvalue weighted by molar-refractivity contribution is 0.222. The third-order valence-corrected chi connectivity index (χ3v) is 3.33. The molecule has 1 fully saturated rings. The van der Waals surface area contributed by atoms with Crippen molar-refractivity contribution >= 4 is 11.6 Å². The van der Waals surface area contributed by atoms with E-state index in [4.69, 9.17) is 0 Å². The molecule has 1 N–H and O–H groups in total.